The normalized spacial score (nSPS) is 15.5. The monoisotopic (exact) mass is 441 g/mol. The predicted molar refractivity (Wildman–Crippen MR) is 120 cm³/mol. The van der Waals surface area contributed by atoms with Crippen molar-refractivity contribution < 1.29 is 14.6 Å². The maximum atomic E-state index is 12.5. The first-order valence-corrected chi connectivity index (χ1v) is 10.3. The molecular formula is C23H27N3O6. The summed E-state index contributed by atoms with van der Waals surface area (Å²) in [5.41, 5.74) is 0.405. The molecule has 3 rings (SSSR count). The molecule has 170 valence electrons. The fourth-order valence-electron chi connectivity index (χ4n) is 3.89. The minimum absolute atomic E-state index is 0.0811. The second-order valence-corrected chi connectivity index (χ2v) is 10.0. The molecule has 0 bridgehead atoms. The summed E-state index contributed by atoms with van der Waals surface area (Å²) in [4.78, 5) is 45.7. The van der Waals surface area contributed by atoms with Crippen molar-refractivity contribution in [3.05, 3.63) is 55.6 Å². The molecule has 1 aromatic heterocycles. The summed E-state index contributed by atoms with van der Waals surface area (Å²) < 4.78 is 7.62. The quantitative estimate of drug-likeness (QED) is 0.660. The van der Waals surface area contributed by atoms with Gasteiger partial charge in [-0.15, -0.1) is 4.91 Å². The zero-order valence-corrected chi connectivity index (χ0v) is 18.8. The van der Waals surface area contributed by atoms with E-state index in [1.165, 1.54) is 18.3 Å². The second-order valence-electron chi connectivity index (χ2n) is 10.0. The molecule has 0 saturated heterocycles. The number of aromatic hydroxyl groups is 1. The molecule has 1 N–H and O–H groups in total. The van der Waals surface area contributed by atoms with Crippen LogP contribution < -0.4 is 10.2 Å². The van der Waals surface area contributed by atoms with Crippen molar-refractivity contribution in [1.82, 2.24) is 4.57 Å². The van der Waals surface area contributed by atoms with E-state index in [9.17, 15) is 24.5 Å². The highest BCUT2D eigenvalue weighted by Gasteiger charge is 2.34. The first-order valence-electron chi connectivity index (χ1n) is 10.3. The van der Waals surface area contributed by atoms with E-state index in [0.29, 0.717) is 17.7 Å². The number of ether oxygens (including phenoxy) is 1. The van der Waals surface area contributed by atoms with E-state index in [0.717, 1.165) is 5.56 Å². The van der Waals surface area contributed by atoms with E-state index < -0.39 is 16.8 Å². The number of phenols is 1. The lowest BCUT2D eigenvalue weighted by Crippen LogP contribution is -2.32. The maximum absolute atomic E-state index is 12.5. The number of nitroso groups, excluding NO2 is 2. The lowest BCUT2D eigenvalue weighted by molar-refractivity contribution is 0.0998. The number of hydrogen-bond donors (Lipinski definition) is 1. The molecule has 1 aromatic carbocycles. The number of fused-ring (bicyclic) bond motifs is 3. The number of hydrogen-bond acceptors (Lipinski definition) is 7. The van der Waals surface area contributed by atoms with Crippen LogP contribution in [0, 0.1) is 20.6 Å². The Hall–Kier alpha value is -3.36. The van der Waals surface area contributed by atoms with Crippen molar-refractivity contribution in [3.63, 3.8) is 0 Å². The zero-order chi connectivity index (χ0) is 23.8. The number of carbonyl (C=O) groups excluding carboxylic acids is 1. The van der Waals surface area contributed by atoms with Gasteiger partial charge in [-0.25, -0.2) is 0 Å². The third kappa shape index (κ3) is 4.46. The summed E-state index contributed by atoms with van der Waals surface area (Å²) in [7, 11) is 0. The number of benzene rings is 1. The first kappa shape index (κ1) is 23.3. The van der Waals surface area contributed by atoms with Gasteiger partial charge < -0.3 is 14.4 Å². The number of nitrogens with zero attached hydrogens (tertiary/aromatic N) is 3. The lowest BCUT2D eigenvalue weighted by Gasteiger charge is -2.39. The second kappa shape index (κ2) is 8.29. The van der Waals surface area contributed by atoms with E-state index in [-0.39, 0.29) is 41.7 Å². The topological polar surface area (TPSA) is 127 Å². The van der Waals surface area contributed by atoms with Crippen molar-refractivity contribution in [2.24, 2.45) is 21.2 Å². The Bertz CT molecular complexity index is 1140. The average molecular weight is 441 g/mol. The van der Waals surface area contributed by atoms with Gasteiger partial charge in [-0.05, 0) is 29.5 Å². The fourth-order valence-corrected chi connectivity index (χ4v) is 3.89. The van der Waals surface area contributed by atoms with Crippen LogP contribution in [0.5, 0.6) is 11.5 Å². The Balaban J connectivity index is 2.12. The molecule has 32 heavy (non-hydrogen) atoms. The SMILES string of the molecule is CC(C)(CN=O)COc1cc2c(cc1O)-c1cc(=O)c(C(=O)N=O)cn1[C@@H](C(C)(C)C)C2. The molecular weight excluding hydrogens is 414 g/mol. The molecule has 1 aliphatic heterocycles. The van der Waals surface area contributed by atoms with Crippen LogP contribution in [0.15, 0.2) is 39.5 Å². The molecule has 9 heteroatoms. The summed E-state index contributed by atoms with van der Waals surface area (Å²) in [6.07, 6.45) is 1.93. The average Bonchev–Trinajstić information content (AvgIpc) is 2.70. The standard InChI is InChI=1S/C23H27N3O6/c1-22(2,3)20-7-13-6-19(32-12-23(4,5)11-24-30)18(28)8-14(13)16-9-17(27)15(10-26(16)20)21(29)25-31/h6,8-10,20,28H,7,11-12H2,1-5H3/t20-/m1/s1. The highest BCUT2D eigenvalue weighted by Crippen LogP contribution is 2.45. The van der Waals surface area contributed by atoms with Crippen molar-refractivity contribution in [3.8, 4) is 22.8 Å². The third-order valence-electron chi connectivity index (χ3n) is 5.71. The van der Waals surface area contributed by atoms with E-state index in [4.69, 9.17) is 4.74 Å². The van der Waals surface area contributed by atoms with Gasteiger partial charge in [0.05, 0.1) is 18.8 Å². The molecule has 0 aliphatic carbocycles. The van der Waals surface area contributed by atoms with Gasteiger partial charge in [0.1, 0.15) is 5.56 Å². The van der Waals surface area contributed by atoms with E-state index in [1.54, 1.807) is 10.6 Å². The highest BCUT2D eigenvalue weighted by molar-refractivity contribution is 5.94. The molecule has 1 atom stereocenters. The molecule has 0 fully saturated rings. The van der Waals surface area contributed by atoms with Gasteiger partial charge in [-0.3, -0.25) is 9.59 Å². The van der Waals surface area contributed by atoms with Crippen molar-refractivity contribution >= 4 is 5.91 Å². The largest absolute Gasteiger partial charge is 0.504 e. The summed E-state index contributed by atoms with van der Waals surface area (Å²) in [6, 6.07) is 4.43. The zero-order valence-electron chi connectivity index (χ0n) is 18.8. The van der Waals surface area contributed by atoms with Gasteiger partial charge in [-0.2, -0.15) is 4.91 Å². The lowest BCUT2D eigenvalue weighted by atomic mass is 9.78. The summed E-state index contributed by atoms with van der Waals surface area (Å²) in [6.45, 7) is 10.1. The Morgan fingerprint density at radius 2 is 1.88 bits per heavy atom. The van der Waals surface area contributed by atoms with Gasteiger partial charge in [0.15, 0.2) is 16.9 Å². The molecule has 1 aliphatic rings. The van der Waals surface area contributed by atoms with Crippen molar-refractivity contribution in [2.45, 2.75) is 47.1 Å². The van der Waals surface area contributed by atoms with Gasteiger partial charge >= 0.3 is 5.91 Å². The third-order valence-corrected chi connectivity index (χ3v) is 5.71. The molecule has 2 heterocycles. The van der Waals surface area contributed by atoms with Gasteiger partial charge in [0.25, 0.3) is 0 Å². The summed E-state index contributed by atoms with van der Waals surface area (Å²) in [5, 5.41) is 15.9. The fraction of sp³-hybridized carbons (Fsp3) is 0.478. The van der Waals surface area contributed by atoms with Crippen LogP contribution in [0.3, 0.4) is 0 Å². The molecule has 0 saturated carbocycles. The van der Waals surface area contributed by atoms with E-state index in [2.05, 4.69) is 10.4 Å². The van der Waals surface area contributed by atoms with Gasteiger partial charge in [-0.1, -0.05) is 39.8 Å². The highest BCUT2D eigenvalue weighted by atomic mass is 16.5. The molecule has 0 spiro atoms. The molecule has 0 unspecified atom stereocenters. The van der Waals surface area contributed by atoms with E-state index in [1.807, 2.05) is 34.6 Å². The Morgan fingerprint density at radius 3 is 2.47 bits per heavy atom. The van der Waals surface area contributed by atoms with Crippen molar-refractivity contribution in [1.29, 1.82) is 0 Å². The maximum Gasteiger partial charge on any atom is 0.322 e. The Labute approximate surface area is 185 Å². The summed E-state index contributed by atoms with van der Waals surface area (Å²) >= 11 is 0. The molecule has 1 amide bonds. The minimum Gasteiger partial charge on any atom is -0.504 e. The predicted octanol–water partition coefficient (Wildman–Crippen LogP) is 4.44. The van der Waals surface area contributed by atoms with E-state index >= 15 is 0 Å². The van der Waals surface area contributed by atoms with Crippen LogP contribution >= 0.6 is 0 Å². The number of carbonyl (C=O) groups is 1. The molecule has 2 aromatic rings. The number of phenolic OH excluding ortho intramolecular Hbond substituents is 1. The Kier molecular flexibility index (Phi) is 6.04. The van der Waals surface area contributed by atoms with Crippen LogP contribution in [0.25, 0.3) is 11.3 Å². The molecule has 9 nitrogen and oxygen atoms in total. The number of rotatable bonds is 6. The van der Waals surface area contributed by atoms with Crippen molar-refractivity contribution in [2.75, 3.05) is 13.2 Å². The first-order chi connectivity index (χ1) is 14.9. The van der Waals surface area contributed by atoms with Crippen LogP contribution in [-0.2, 0) is 6.42 Å². The smallest absolute Gasteiger partial charge is 0.322 e. The van der Waals surface area contributed by atoms with Crippen LogP contribution in [0.2, 0.25) is 0 Å². The van der Waals surface area contributed by atoms with Gasteiger partial charge in [0.2, 0.25) is 0 Å². The molecule has 0 radical (unpaired) electrons. The van der Waals surface area contributed by atoms with Gasteiger partial charge in [0, 0.05) is 34.5 Å². The van der Waals surface area contributed by atoms with Crippen LogP contribution in [0.1, 0.15) is 56.6 Å². The summed E-state index contributed by atoms with van der Waals surface area (Å²) in [5.74, 6) is -0.938. The number of aromatic nitrogens is 1. The number of pyridine rings is 1. The van der Waals surface area contributed by atoms with Crippen LogP contribution in [-0.4, -0.2) is 28.7 Å². The minimum atomic E-state index is -1.11. The number of amides is 1. The Morgan fingerprint density at radius 1 is 1.19 bits per heavy atom. The van der Waals surface area contributed by atoms with Crippen LogP contribution in [0.4, 0.5) is 0 Å².